The van der Waals surface area contributed by atoms with Gasteiger partial charge in [0.25, 0.3) is 17.7 Å². The van der Waals surface area contributed by atoms with E-state index < -0.39 is 5.91 Å². The summed E-state index contributed by atoms with van der Waals surface area (Å²) in [6.45, 7) is 3.76. The lowest BCUT2D eigenvalue weighted by atomic mass is 10.1. The number of anilines is 2. The van der Waals surface area contributed by atoms with Crippen molar-refractivity contribution >= 4 is 35.0 Å². The standard InChI is InChI=1S/C21H21N3O4/c1-3-4-10-24-20(27)17-9-8-14(11-18(17)21(24)28)19(26)23-16-7-5-6-15(12-16)22-13(2)25/h5-9,11-12H,3-4,10H2,1-2H3,(H,22,25)(H,23,26). The van der Waals surface area contributed by atoms with Gasteiger partial charge in [0.2, 0.25) is 5.91 Å². The topological polar surface area (TPSA) is 95.6 Å². The van der Waals surface area contributed by atoms with E-state index in [2.05, 4.69) is 10.6 Å². The first-order valence-corrected chi connectivity index (χ1v) is 9.10. The van der Waals surface area contributed by atoms with Gasteiger partial charge >= 0.3 is 0 Å². The molecular weight excluding hydrogens is 358 g/mol. The molecular formula is C21H21N3O4. The Morgan fingerprint density at radius 3 is 2.29 bits per heavy atom. The molecule has 2 N–H and O–H groups in total. The third kappa shape index (κ3) is 3.93. The summed E-state index contributed by atoms with van der Waals surface area (Å²) in [5.41, 5.74) is 1.92. The van der Waals surface area contributed by atoms with Crippen molar-refractivity contribution in [3.63, 3.8) is 0 Å². The molecule has 0 atom stereocenters. The van der Waals surface area contributed by atoms with Crippen molar-refractivity contribution in [2.24, 2.45) is 0 Å². The molecule has 0 spiro atoms. The predicted octanol–water partition coefficient (Wildman–Crippen LogP) is 3.29. The second-order valence-electron chi connectivity index (χ2n) is 6.59. The molecule has 0 fully saturated rings. The number of carbonyl (C=O) groups is 4. The van der Waals surface area contributed by atoms with Crippen LogP contribution < -0.4 is 10.6 Å². The van der Waals surface area contributed by atoms with E-state index in [9.17, 15) is 19.2 Å². The monoisotopic (exact) mass is 379 g/mol. The minimum absolute atomic E-state index is 0.210. The number of unbranched alkanes of at least 4 members (excludes halogenated alkanes) is 1. The first-order valence-electron chi connectivity index (χ1n) is 9.10. The third-order valence-corrected chi connectivity index (χ3v) is 4.41. The number of fused-ring (bicyclic) bond motifs is 1. The molecule has 7 heteroatoms. The Morgan fingerprint density at radius 2 is 1.61 bits per heavy atom. The highest BCUT2D eigenvalue weighted by Crippen LogP contribution is 2.25. The van der Waals surface area contributed by atoms with Crippen LogP contribution in [0.1, 0.15) is 57.8 Å². The summed E-state index contributed by atoms with van der Waals surface area (Å²) < 4.78 is 0. The van der Waals surface area contributed by atoms with Gasteiger partial charge in [0.15, 0.2) is 0 Å². The molecule has 2 aromatic carbocycles. The van der Waals surface area contributed by atoms with Crippen LogP contribution in [-0.2, 0) is 4.79 Å². The van der Waals surface area contributed by atoms with E-state index >= 15 is 0 Å². The molecule has 0 unspecified atom stereocenters. The maximum Gasteiger partial charge on any atom is 0.261 e. The fourth-order valence-corrected chi connectivity index (χ4v) is 3.03. The summed E-state index contributed by atoms with van der Waals surface area (Å²) >= 11 is 0. The first kappa shape index (κ1) is 19.3. The van der Waals surface area contributed by atoms with Crippen molar-refractivity contribution in [1.29, 1.82) is 0 Å². The lowest BCUT2D eigenvalue weighted by Crippen LogP contribution is -2.30. The van der Waals surface area contributed by atoms with Gasteiger partial charge < -0.3 is 10.6 Å². The van der Waals surface area contributed by atoms with Crippen LogP contribution in [0.5, 0.6) is 0 Å². The Kier molecular flexibility index (Phi) is 5.54. The molecule has 7 nitrogen and oxygen atoms in total. The summed E-state index contributed by atoms with van der Waals surface area (Å²) in [5, 5.41) is 5.38. The second-order valence-corrected chi connectivity index (χ2v) is 6.59. The van der Waals surface area contributed by atoms with Gasteiger partial charge in [-0.1, -0.05) is 19.4 Å². The highest BCUT2D eigenvalue weighted by molar-refractivity contribution is 6.22. The largest absolute Gasteiger partial charge is 0.326 e. The zero-order chi connectivity index (χ0) is 20.3. The molecule has 4 amide bonds. The molecule has 2 aromatic rings. The van der Waals surface area contributed by atoms with E-state index in [1.54, 1.807) is 24.3 Å². The van der Waals surface area contributed by atoms with Crippen LogP contribution in [-0.4, -0.2) is 35.1 Å². The van der Waals surface area contributed by atoms with Crippen LogP contribution in [0, 0.1) is 0 Å². The molecule has 1 aliphatic rings. The van der Waals surface area contributed by atoms with Crippen LogP contribution in [0.15, 0.2) is 42.5 Å². The van der Waals surface area contributed by atoms with Gasteiger partial charge in [-0.3, -0.25) is 24.1 Å². The number of benzene rings is 2. The van der Waals surface area contributed by atoms with Crippen molar-refractivity contribution in [2.75, 3.05) is 17.2 Å². The van der Waals surface area contributed by atoms with Gasteiger partial charge in [-0.25, -0.2) is 0 Å². The van der Waals surface area contributed by atoms with Gasteiger partial charge in [-0.15, -0.1) is 0 Å². The Hall–Kier alpha value is -3.48. The van der Waals surface area contributed by atoms with Gasteiger partial charge in [0.1, 0.15) is 0 Å². The van der Waals surface area contributed by atoms with E-state index in [0.717, 1.165) is 12.8 Å². The van der Waals surface area contributed by atoms with Crippen LogP contribution in [0.4, 0.5) is 11.4 Å². The minimum Gasteiger partial charge on any atom is -0.326 e. The second kappa shape index (κ2) is 8.04. The summed E-state index contributed by atoms with van der Waals surface area (Å²) in [4.78, 5) is 49.9. The summed E-state index contributed by atoms with van der Waals surface area (Å²) in [6.07, 6.45) is 1.61. The lowest BCUT2D eigenvalue weighted by Gasteiger charge is -2.12. The van der Waals surface area contributed by atoms with Crippen molar-refractivity contribution in [2.45, 2.75) is 26.7 Å². The fourth-order valence-electron chi connectivity index (χ4n) is 3.03. The van der Waals surface area contributed by atoms with Crippen LogP contribution >= 0.6 is 0 Å². The molecule has 0 radical (unpaired) electrons. The Bertz CT molecular complexity index is 968. The highest BCUT2D eigenvalue weighted by Gasteiger charge is 2.35. The van der Waals surface area contributed by atoms with Gasteiger partial charge in [-0.05, 0) is 42.8 Å². The van der Waals surface area contributed by atoms with Crippen LogP contribution in [0.25, 0.3) is 0 Å². The fraction of sp³-hybridized carbons (Fsp3) is 0.238. The predicted molar refractivity (Wildman–Crippen MR) is 105 cm³/mol. The number of nitrogens with zero attached hydrogens (tertiary/aromatic N) is 1. The molecule has 144 valence electrons. The van der Waals surface area contributed by atoms with Crippen molar-refractivity contribution in [3.05, 3.63) is 59.2 Å². The number of carbonyl (C=O) groups excluding carboxylic acids is 4. The molecule has 0 bridgehead atoms. The molecule has 3 rings (SSSR count). The van der Waals surface area contributed by atoms with E-state index in [1.807, 2.05) is 6.92 Å². The van der Waals surface area contributed by atoms with Crippen molar-refractivity contribution < 1.29 is 19.2 Å². The highest BCUT2D eigenvalue weighted by atomic mass is 16.2. The third-order valence-electron chi connectivity index (χ3n) is 4.41. The Labute approximate surface area is 162 Å². The van der Waals surface area contributed by atoms with Gasteiger partial charge in [0, 0.05) is 30.4 Å². The molecule has 0 aliphatic carbocycles. The van der Waals surface area contributed by atoms with E-state index in [0.29, 0.717) is 23.5 Å². The maximum absolute atomic E-state index is 12.6. The molecule has 1 heterocycles. The summed E-state index contributed by atoms with van der Waals surface area (Å²) in [6, 6.07) is 11.2. The average Bonchev–Trinajstić information content (AvgIpc) is 2.90. The average molecular weight is 379 g/mol. The van der Waals surface area contributed by atoms with Crippen molar-refractivity contribution in [3.8, 4) is 0 Å². The minimum atomic E-state index is -0.407. The smallest absolute Gasteiger partial charge is 0.261 e. The van der Waals surface area contributed by atoms with E-state index in [4.69, 9.17) is 0 Å². The number of imide groups is 1. The first-order chi connectivity index (χ1) is 13.4. The van der Waals surface area contributed by atoms with Crippen molar-refractivity contribution in [1.82, 2.24) is 4.90 Å². The van der Waals surface area contributed by atoms with Gasteiger partial charge in [-0.2, -0.15) is 0 Å². The zero-order valence-electron chi connectivity index (χ0n) is 15.7. The molecule has 28 heavy (non-hydrogen) atoms. The number of amides is 4. The molecule has 0 saturated carbocycles. The Balaban J connectivity index is 1.78. The zero-order valence-corrected chi connectivity index (χ0v) is 15.7. The Morgan fingerprint density at radius 1 is 0.929 bits per heavy atom. The van der Waals surface area contributed by atoms with E-state index in [-0.39, 0.29) is 28.8 Å². The molecule has 0 saturated heterocycles. The molecule has 0 aromatic heterocycles. The SMILES string of the molecule is CCCCN1C(=O)c2ccc(C(=O)Nc3cccc(NC(C)=O)c3)cc2C1=O. The van der Waals surface area contributed by atoms with Crippen LogP contribution in [0.3, 0.4) is 0 Å². The number of hydrogen-bond acceptors (Lipinski definition) is 4. The van der Waals surface area contributed by atoms with Gasteiger partial charge in [0.05, 0.1) is 11.1 Å². The molecule has 1 aliphatic heterocycles. The van der Waals surface area contributed by atoms with E-state index in [1.165, 1.54) is 30.0 Å². The summed E-state index contributed by atoms with van der Waals surface area (Å²) in [5.74, 6) is -1.30. The maximum atomic E-state index is 12.6. The normalized spacial score (nSPS) is 12.7. The number of rotatable bonds is 6. The summed E-state index contributed by atoms with van der Waals surface area (Å²) in [7, 11) is 0. The number of hydrogen-bond donors (Lipinski definition) is 2. The number of nitrogens with one attached hydrogen (secondary N) is 2. The van der Waals surface area contributed by atoms with Crippen LogP contribution in [0.2, 0.25) is 0 Å². The quantitative estimate of drug-likeness (QED) is 0.753. The lowest BCUT2D eigenvalue weighted by molar-refractivity contribution is -0.114.